The second-order valence-corrected chi connectivity index (χ2v) is 6.47. The number of carbonyl (C=O) groups is 1. The van der Waals surface area contributed by atoms with Gasteiger partial charge in [0.1, 0.15) is 0 Å². The van der Waals surface area contributed by atoms with E-state index in [0.29, 0.717) is 17.9 Å². The molecular weight excluding hydrogens is 336 g/mol. The van der Waals surface area contributed by atoms with Crippen LogP contribution in [0.5, 0.6) is 0 Å². The molecule has 0 fully saturated rings. The van der Waals surface area contributed by atoms with Gasteiger partial charge in [0.25, 0.3) is 0 Å². The number of nitrogens with zero attached hydrogens (tertiary/aromatic N) is 3. The van der Waals surface area contributed by atoms with E-state index in [1.165, 1.54) is 0 Å². The summed E-state index contributed by atoms with van der Waals surface area (Å²) in [6.07, 6.45) is 2.60. The monoisotopic (exact) mass is 354 g/mol. The van der Waals surface area contributed by atoms with Crippen LogP contribution in [-0.4, -0.2) is 20.9 Å². The highest BCUT2D eigenvalue weighted by atomic mass is 35.5. The van der Waals surface area contributed by atoms with Gasteiger partial charge in [-0.3, -0.25) is 4.79 Å². The van der Waals surface area contributed by atoms with Crippen LogP contribution < -0.4 is 5.32 Å². The quantitative estimate of drug-likeness (QED) is 0.750. The van der Waals surface area contributed by atoms with Gasteiger partial charge in [-0.25, -0.2) is 4.68 Å². The van der Waals surface area contributed by atoms with Gasteiger partial charge in [0.15, 0.2) is 0 Å². The first-order chi connectivity index (χ1) is 12.0. The molecule has 0 aliphatic heterocycles. The van der Waals surface area contributed by atoms with E-state index in [2.05, 4.69) is 33.8 Å². The Labute approximate surface area is 151 Å². The lowest BCUT2D eigenvalue weighted by Gasteiger charge is -2.09. The summed E-state index contributed by atoms with van der Waals surface area (Å²) in [5.74, 6) is -0.0597. The van der Waals surface area contributed by atoms with Crippen molar-refractivity contribution in [1.82, 2.24) is 15.0 Å². The van der Waals surface area contributed by atoms with Crippen LogP contribution in [0.25, 0.3) is 5.69 Å². The normalized spacial score (nSPS) is 10.7. The molecule has 0 spiro atoms. The molecule has 6 heteroatoms. The van der Waals surface area contributed by atoms with Crippen molar-refractivity contribution in [3.8, 4) is 5.69 Å². The first kappa shape index (κ1) is 17.2. The van der Waals surface area contributed by atoms with Gasteiger partial charge in [-0.05, 0) is 61.4 Å². The molecule has 0 unspecified atom stereocenters. The topological polar surface area (TPSA) is 59.8 Å². The lowest BCUT2D eigenvalue weighted by Crippen LogP contribution is -2.13. The van der Waals surface area contributed by atoms with E-state index in [4.69, 9.17) is 11.6 Å². The highest BCUT2D eigenvalue weighted by molar-refractivity contribution is 6.30. The molecule has 3 rings (SSSR count). The Morgan fingerprint density at radius 2 is 1.80 bits per heavy atom. The van der Waals surface area contributed by atoms with E-state index < -0.39 is 0 Å². The highest BCUT2D eigenvalue weighted by Crippen LogP contribution is 2.16. The average molecular weight is 355 g/mol. The molecule has 1 amide bonds. The Hall–Kier alpha value is -2.66. The van der Waals surface area contributed by atoms with Gasteiger partial charge < -0.3 is 5.32 Å². The highest BCUT2D eigenvalue weighted by Gasteiger charge is 2.10. The van der Waals surface area contributed by atoms with Crippen molar-refractivity contribution in [2.75, 3.05) is 5.32 Å². The number of rotatable bonds is 5. The fraction of sp³-hybridized carbons (Fsp3) is 0.211. The number of carbonyl (C=O) groups excluding carboxylic acids is 1. The molecule has 0 radical (unpaired) electrons. The van der Waals surface area contributed by atoms with Crippen molar-refractivity contribution in [2.24, 2.45) is 0 Å². The maximum absolute atomic E-state index is 12.2. The Morgan fingerprint density at radius 3 is 2.48 bits per heavy atom. The first-order valence-electron chi connectivity index (χ1n) is 8.05. The lowest BCUT2D eigenvalue weighted by molar-refractivity contribution is -0.116. The zero-order chi connectivity index (χ0) is 17.8. The van der Waals surface area contributed by atoms with Crippen LogP contribution in [-0.2, 0) is 11.2 Å². The summed E-state index contributed by atoms with van der Waals surface area (Å²) in [6, 6.07) is 13.3. The molecule has 0 saturated heterocycles. The Balaban J connectivity index is 1.67. The number of nitrogens with one attached hydrogen (secondary N) is 1. The molecule has 0 atom stereocenters. The number of amides is 1. The van der Waals surface area contributed by atoms with Crippen LogP contribution in [0, 0.1) is 13.8 Å². The molecule has 3 aromatic rings. The van der Waals surface area contributed by atoms with Crippen molar-refractivity contribution in [3.05, 3.63) is 70.5 Å². The average Bonchev–Trinajstić information content (AvgIpc) is 3.03. The summed E-state index contributed by atoms with van der Waals surface area (Å²) in [4.78, 5) is 12.2. The van der Waals surface area contributed by atoms with Crippen LogP contribution in [0.1, 0.15) is 23.2 Å². The number of halogens is 1. The SMILES string of the molecule is Cc1cc(C)cc(-n2nncc2CCC(=O)Nc2ccc(Cl)cc2)c1. The van der Waals surface area contributed by atoms with E-state index in [1.54, 1.807) is 35.1 Å². The number of hydrogen-bond donors (Lipinski definition) is 1. The molecular formula is C19H19ClN4O. The molecule has 1 heterocycles. The third kappa shape index (κ3) is 4.45. The van der Waals surface area contributed by atoms with Crippen LogP contribution in [0.15, 0.2) is 48.7 Å². The fourth-order valence-electron chi connectivity index (χ4n) is 2.72. The summed E-state index contributed by atoms with van der Waals surface area (Å²) in [6.45, 7) is 4.10. The van der Waals surface area contributed by atoms with Crippen molar-refractivity contribution in [1.29, 1.82) is 0 Å². The van der Waals surface area contributed by atoms with Gasteiger partial charge in [-0.1, -0.05) is 22.9 Å². The Bertz CT molecular complexity index is 866. The van der Waals surface area contributed by atoms with Gasteiger partial charge in [-0.15, -0.1) is 5.10 Å². The minimum atomic E-state index is -0.0597. The lowest BCUT2D eigenvalue weighted by atomic mass is 10.1. The number of benzene rings is 2. The molecule has 128 valence electrons. The summed E-state index contributed by atoms with van der Waals surface area (Å²) >= 11 is 5.85. The predicted molar refractivity (Wildman–Crippen MR) is 99.2 cm³/mol. The van der Waals surface area contributed by atoms with Crippen molar-refractivity contribution in [2.45, 2.75) is 26.7 Å². The van der Waals surface area contributed by atoms with Crippen LogP contribution >= 0.6 is 11.6 Å². The number of aromatic nitrogens is 3. The molecule has 5 nitrogen and oxygen atoms in total. The minimum absolute atomic E-state index is 0.0597. The van der Waals surface area contributed by atoms with E-state index in [-0.39, 0.29) is 5.91 Å². The van der Waals surface area contributed by atoms with Crippen molar-refractivity contribution >= 4 is 23.2 Å². The summed E-state index contributed by atoms with van der Waals surface area (Å²) in [7, 11) is 0. The zero-order valence-corrected chi connectivity index (χ0v) is 14.9. The van der Waals surface area contributed by atoms with Crippen LogP contribution in [0.4, 0.5) is 5.69 Å². The number of hydrogen-bond acceptors (Lipinski definition) is 3. The fourth-order valence-corrected chi connectivity index (χ4v) is 2.84. The smallest absolute Gasteiger partial charge is 0.224 e. The van der Waals surface area contributed by atoms with Crippen molar-refractivity contribution < 1.29 is 4.79 Å². The predicted octanol–water partition coefficient (Wildman–Crippen LogP) is 4.11. The van der Waals surface area contributed by atoms with Crippen LogP contribution in [0.2, 0.25) is 5.02 Å². The largest absolute Gasteiger partial charge is 0.326 e. The third-order valence-electron chi connectivity index (χ3n) is 3.81. The molecule has 0 aliphatic rings. The van der Waals surface area contributed by atoms with Gasteiger partial charge in [0.2, 0.25) is 5.91 Å². The second kappa shape index (κ2) is 7.49. The van der Waals surface area contributed by atoms with E-state index >= 15 is 0 Å². The zero-order valence-electron chi connectivity index (χ0n) is 14.2. The minimum Gasteiger partial charge on any atom is -0.326 e. The Morgan fingerprint density at radius 1 is 1.12 bits per heavy atom. The summed E-state index contributed by atoms with van der Waals surface area (Å²) in [5.41, 5.74) is 4.92. The van der Waals surface area contributed by atoms with Gasteiger partial charge >= 0.3 is 0 Å². The summed E-state index contributed by atoms with van der Waals surface area (Å²) < 4.78 is 1.79. The van der Waals surface area contributed by atoms with Gasteiger partial charge in [0.05, 0.1) is 17.6 Å². The van der Waals surface area contributed by atoms with Crippen molar-refractivity contribution in [3.63, 3.8) is 0 Å². The number of anilines is 1. The van der Waals surface area contributed by atoms with Crippen LogP contribution in [0.3, 0.4) is 0 Å². The third-order valence-corrected chi connectivity index (χ3v) is 4.06. The summed E-state index contributed by atoms with van der Waals surface area (Å²) in [5, 5.41) is 11.7. The molecule has 2 aromatic carbocycles. The standard InChI is InChI=1S/C19H19ClN4O/c1-13-9-14(2)11-18(10-13)24-17(12-21-23-24)7-8-19(25)22-16-5-3-15(20)4-6-16/h3-6,9-12H,7-8H2,1-2H3,(H,22,25). The molecule has 1 aromatic heterocycles. The molecule has 0 bridgehead atoms. The molecule has 25 heavy (non-hydrogen) atoms. The van der Waals surface area contributed by atoms with E-state index in [9.17, 15) is 4.79 Å². The maximum Gasteiger partial charge on any atom is 0.224 e. The first-order valence-corrected chi connectivity index (χ1v) is 8.43. The van der Waals surface area contributed by atoms with E-state index in [0.717, 1.165) is 28.2 Å². The van der Waals surface area contributed by atoms with Gasteiger partial charge in [-0.2, -0.15) is 0 Å². The number of aryl methyl sites for hydroxylation is 3. The Kier molecular flexibility index (Phi) is 5.14. The van der Waals surface area contributed by atoms with Gasteiger partial charge in [0, 0.05) is 23.6 Å². The molecule has 1 N–H and O–H groups in total. The second-order valence-electron chi connectivity index (χ2n) is 6.04. The molecule has 0 aliphatic carbocycles. The molecule has 0 saturated carbocycles. The van der Waals surface area contributed by atoms with E-state index in [1.807, 2.05) is 13.8 Å². The maximum atomic E-state index is 12.2.